The molecular formula is C45H71NO13. The summed E-state index contributed by atoms with van der Waals surface area (Å²) in [5.41, 5.74) is 0.741. The summed E-state index contributed by atoms with van der Waals surface area (Å²) < 4.78 is 50.1. The van der Waals surface area contributed by atoms with Gasteiger partial charge in [0.15, 0.2) is 18.4 Å². The van der Waals surface area contributed by atoms with Gasteiger partial charge in [-0.1, -0.05) is 19.9 Å². The Morgan fingerprint density at radius 2 is 1.63 bits per heavy atom. The number of aliphatic carboxylic acids is 1. The molecule has 5 fully saturated rings. The van der Waals surface area contributed by atoms with Crippen molar-refractivity contribution in [3.63, 3.8) is 0 Å². The molecule has 2 saturated carbocycles. The number of nitrogens with zero attached hydrogens (tertiary/aromatic N) is 1. The van der Waals surface area contributed by atoms with E-state index in [0.29, 0.717) is 50.5 Å². The van der Waals surface area contributed by atoms with Crippen molar-refractivity contribution in [3.8, 4) is 0 Å². The number of esters is 1. The number of hydrogen-bond acceptors (Lipinski definition) is 12. The van der Waals surface area contributed by atoms with Crippen LogP contribution in [0.5, 0.6) is 0 Å². The van der Waals surface area contributed by atoms with Gasteiger partial charge in [-0.15, -0.1) is 0 Å². The van der Waals surface area contributed by atoms with Crippen LogP contribution in [0.15, 0.2) is 11.6 Å². The van der Waals surface area contributed by atoms with Crippen molar-refractivity contribution in [1.82, 2.24) is 4.90 Å². The Labute approximate surface area is 350 Å². The van der Waals surface area contributed by atoms with Crippen molar-refractivity contribution in [3.05, 3.63) is 11.6 Å². The molecule has 1 amide bonds. The minimum Gasteiger partial charge on any atom is -0.481 e. The van der Waals surface area contributed by atoms with Crippen molar-refractivity contribution < 1.29 is 62.2 Å². The molecule has 3 heterocycles. The van der Waals surface area contributed by atoms with E-state index < -0.39 is 36.7 Å². The fourth-order valence-corrected chi connectivity index (χ4v) is 11.5. The number of methoxy groups -OCH3 is 2. The number of carboxylic acids is 1. The molecule has 1 N–H and O–H groups in total. The Morgan fingerprint density at radius 1 is 0.864 bits per heavy atom. The number of ketones is 1. The first-order valence-electron chi connectivity index (χ1n) is 22.5. The lowest BCUT2D eigenvalue weighted by molar-refractivity contribution is -0.317. The maximum Gasteiger partial charge on any atom is 0.306 e. The highest BCUT2D eigenvalue weighted by Crippen LogP contribution is 2.57. The fraction of sp³-hybridized carbons (Fsp3) is 0.867. The van der Waals surface area contributed by atoms with Crippen LogP contribution in [0.25, 0.3) is 0 Å². The van der Waals surface area contributed by atoms with Gasteiger partial charge in [-0.3, -0.25) is 19.2 Å². The normalized spacial score (nSPS) is 41.7. The molecule has 3 aliphatic heterocycles. The molecule has 0 radical (unpaired) electrons. The Morgan fingerprint density at radius 3 is 2.31 bits per heavy atom. The number of fused-ring (bicyclic) bond motifs is 5. The molecule has 1 unspecified atom stereocenters. The van der Waals surface area contributed by atoms with Crippen molar-refractivity contribution in [2.24, 2.45) is 35.5 Å². The summed E-state index contributed by atoms with van der Waals surface area (Å²) in [4.78, 5) is 53.8. The minimum absolute atomic E-state index is 0.0323. The number of rotatable bonds is 13. The van der Waals surface area contributed by atoms with E-state index in [1.165, 1.54) is 0 Å². The molecule has 14 heteroatoms. The van der Waals surface area contributed by atoms with Crippen LogP contribution in [0.3, 0.4) is 0 Å². The third-order valence-corrected chi connectivity index (χ3v) is 14.6. The number of likely N-dealkylation sites (N-methyl/N-ethyl adjacent to an activating group) is 1. The quantitative estimate of drug-likeness (QED) is 0.220. The summed E-state index contributed by atoms with van der Waals surface area (Å²) in [6.45, 7) is 10.4. The summed E-state index contributed by atoms with van der Waals surface area (Å²) in [5, 5.41) is 9.05. The molecule has 0 bridgehead atoms. The molecule has 6 aliphatic rings. The van der Waals surface area contributed by atoms with Gasteiger partial charge in [0.05, 0.1) is 43.3 Å². The Kier molecular flexibility index (Phi) is 16.1. The molecule has 334 valence electrons. The third kappa shape index (κ3) is 10.4. The van der Waals surface area contributed by atoms with Crippen LogP contribution >= 0.6 is 0 Å². The van der Waals surface area contributed by atoms with Crippen LogP contribution in [-0.4, -0.2) is 129 Å². The molecule has 59 heavy (non-hydrogen) atoms. The van der Waals surface area contributed by atoms with Gasteiger partial charge >= 0.3 is 11.9 Å². The summed E-state index contributed by atoms with van der Waals surface area (Å²) >= 11 is 0. The molecule has 3 saturated heterocycles. The van der Waals surface area contributed by atoms with E-state index in [0.717, 1.165) is 37.7 Å². The predicted octanol–water partition coefficient (Wildman–Crippen LogP) is 5.86. The number of carbonyl (C=O) groups excluding carboxylic acids is 3. The van der Waals surface area contributed by atoms with Gasteiger partial charge in [0.25, 0.3) is 0 Å². The van der Waals surface area contributed by atoms with Gasteiger partial charge in [0, 0.05) is 52.6 Å². The minimum atomic E-state index is -1.00. The lowest BCUT2D eigenvalue weighted by Gasteiger charge is -2.44. The zero-order chi connectivity index (χ0) is 42.5. The van der Waals surface area contributed by atoms with Crippen molar-refractivity contribution in [2.75, 3.05) is 27.9 Å². The lowest BCUT2D eigenvalue weighted by Crippen LogP contribution is -2.60. The predicted molar refractivity (Wildman–Crippen MR) is 215 cm³/mol. The van der Waals surface area contributed by atoms with Gasteiger partial charge < -0.3 is 47.9 Å². The highest BCUT2D eigenvalue weighted by atomic mass is 16.7. The maximum atomic E-state index is 14.8. The molecular weight excluding hydrogens is 762 g/mol. The largest absolute Gasteiger partial charge is 0.481 e. The fourth-order valence-electron chi connectivity index (χ4n) is 11.5. The zero-order valence-electron chi connectivity index (χ0n) is 36.6. The average molecular weight is 834 g/mol. The molecule has 0 aromatic carbocycles. The van der Waals surface area contributed by atoms with E-state index in [1.54, 1.807) is 26.2 Å². The van der Waals surface area contributed by atoms with E-state index in [1.807, 2.05) is 34.6 Å². The van der Waals surface area contributed by atoms with E-state index in [-0.39, 0.29) is 97.3 Å². The van der Waals surface area contributed by atoms with E-state index >= 15 is 0 Å². The monoisotopic (exact) mass is 833 g/mol. The van der Waals surface area contributed by atoms with Crippen molar-refractivity contribution >= 4 is 23.6 Å². The molecule has 17 atom stereocenters. The molecule has 0 spiro atoms. The zero-order valence-corrected chi connectivity index (χ0v) is 36.6. The van der Waals surface area contributed by atoms with Crippen molar-refractivity contribution in [2.45, 2.75) is 186 Å². The Balaban J connectivity index is 1.17. The number of Topliss-reactive ketones (excluding diaryl/α,β-unsaturated/α-hetero) is 1. The number of carboxylic acid groups (broad SMARTS) is 1. The van der Waals surface area contributed by atoms with Gasteiger partial charge in [-0.05, 0) is 108 Å². The first-order valence-corrected chi connectivity index (χ1v) is 22.5. The second-order valence-corrected chi connectivity index (χ2v) is 18.0. The van der Waals surface area contributed by atoms with Crippen LogP contribution < -0.4 is 0 Å². The molecule has 6 rings (SSSR count). The van der Waals surface area contributed by atoms with E-state index in [2.05, 4.69) is 6.08 Å². The van der Waals surface area contributed by atoms with Crippen LogP contribution in [0.1, 0.15) is 118 Å². The summed E-state index contributed by atoms with van der Waals surface area (Å²) in [7, 11) is 5.01. The summed E-state index contributed by atoms with van der Waals surface area (Å²) in [6, 6.07) is -0.209. The first-order chi connectivity index (χ1) is 28.3. The molecule has 3 aliphatic carbocycles. The van der Waals surface area contributed by atoms with Crippen LogP contribution in [0.2, 0.25) is 0 Å². The second-order valence-electron chi connectivity index (χ2n) is 18.0. The van der Waals surface area contributed by atoms with Gasteiger partial charge in [-0.2, -0.15) is 0 Å². The molecule has 0 aromatic heterocycles. The van der Waals surface area contributed by atoms with Gasteiger partial charge in [-0.25, -0.2) is 0 Å². The number of allylic oxidation sites excluding steroid dienone is 2. The number of amides is 1. The Bertz CT molecular complexity index is 1490. The number of cyclic esters (lactones) is 1. The van der Waals surface area contributed by atoms with E-state index in [9.17, 15) is 19.2 Å². The maximum absolute atomic E-state index is 14.8. The number of ether oxygens (including phenoxy) is 8. The lowest BCUT2D eigenvalue weighted by atomic mass is 9.66. The first kappa shape index (κ1) is 46.1. The van der Waals surface area contributed by atoms with Crippen LogP contribution in [0.4, 0.5) is 0 Å². The molecule has 14 nitrogen and oxygen atoms in total. The Hall–Kier alpha value is -2.46. The average Bonchev–Trinajstić information content (AvgIpc) is 3.79. The van der Waals surface area contributed by atoms with E-state index in [4.69, 9.17) is 43.0 Å². The topological polar surface area (TPSA) is 166 Å². The summed E-state index contributed by atoms with van der Waals surface area (Å²) in [5.74, 6) is -1.07. The van der Waals surface area contributed by atoms with Crippen LogP contribution in [-0.2, 0) is 57.1 Å². The van der Waals surface area contributed by atoms with Gasteiger partial charge in [0.2, 0.25) is 5.91 Å². The van der Waals surface area contributed by atoms with Crippen LogP contribution in [0, 0.1) is 35.5 Å². The highest BCUT2D eigenvalue weighted by molar-refractivity contribution is 5.99. The van der Waals surface area contributed by atoms with Gasteiger partial charge in [0.1, 0.15) is 24.4 Å². The number of carbonyl (C=O) groups is 4. The third-order valence-electron chi connectivity index (χ3n) is 14.6. The highest BCUT2D eigenvalue weighted by Gasteiger charge is 2.54. The smallest absolute Gasteiger partial charge is 0.306 e. The van der Waals surface area contributed by atoms with Crippen molar-refractivity contribution in [1.29, 1.82) is 0 Å². The summed E-state index contributed by atoms with van der Waals surface area (Å²) in [6.07, 6.45) is 6.22. The standard InChI is InChI=1S/C45H71NO13/c1-9-28-12-11-13-36(59-40-19-16-35(25(4)55-40)46(6)37(47)17-18-38(48)49)24(3)41(51)34-22-32-30(33(34)23-39(50)57-28)15-14-27-20-29(21-31(27)32)58-45-44(53-8)43(54-10-2)42(52-7)26(5)56-45/h22,24-33,35-36,40,42-45H,9-21,23H2,1-8H3,(H,48,49)/t24-,25-,26+,27-,28+,29-,30-,31-,32-,33+,35+,36+,40+,42+,43-,44-,45?/m1/s1. The number of hydrogen-bond donors (Lipinski definition) is 1. The SMILES string of the molecule is CCO[C@@H]1[C@@H](OC)[C@H](C)OC(O[C@@H]2C[C@H]3CC[C@@H]4[C@@H](C=C5C(=O)[C@H](C)[C@@H](O[C@H]6CC[C@H](N(C)C(=O)CCC(=O)O)[C@@H](C)O6)CCC[C@H](CC)OC(=O)C[C@H]54)[C@@H]3C2)[C@@H]1OC. The molecule has 0 aromatic rings. The second kappa shape index (κ2) is 20.6.